The molecule has 0 radical (unpaired) electrons. The number of ether oxygens (including phenoxy) is 1. The Bertz CT molecular complexity index is 593. The third kappa shape index (κ3) is 7.90. The van der Waals surface area contributed by atoms with E-state index in [1.54, 1.807) is 0 Å². The average molecular weight is 356 g/mol. The molecule has 26 heavy (non-hydrogen) atoms. The van der Waals surface area contributed by atoms with E-state index in [1.807, 2.05) is 36.4 Å². The number of benzene rings is 1. The lowest BCUT2D eigenvalue weighted by molar-refractivity contribution is -0.605. The van der Waals surface area contributed by atoms with E-state index in [0.29, 0.717) is 0 Å². The van der Waals surface area contributed by atoms with Gasteiger partial charge in [0.15, 0.2) is 12.4 Å². The molecule has 0 aliphatic carbocycles. The van der Waals surface area contributed by atoms with Crippen LogP contribution in [0.15, 0.2) is 48.8 Å². The minimum absolute atomic E-state index is 0.789. The summed E-state index contributed by atoms with van der Waals surface area (Å²) >= 11 is 0. The topological polar surface area (TPSA) is 36.2 Å². The first-order chi connectivity index (χ1) is 12.8. The van der Waals surface area contributed by atoms with Crippen LogP contribution in [0.25, 0.3) is 11.1 Å². The molecule has 3 heteroatoms. The highest BCUT2D eigenvalue weighted by Gasteiger charge is 2.00. The van der Waals surface area contributed by atoms with E-state index < -0.39 is 0 Å². The van der Waals surface area contributed by atoms with Gasteiger partial charge in [0.25, 0.3) is 0 Å². The molecular weight excluding hydrogens is 322 g/mol. The van der Waals surface area contributed by atoms with Crippen LogP contribution in [0.2, 0.25) is 0 Å². The number of hydrogen-bond donors (Lipinski definition) is 0. The lowest BCUT2D eigenvalue weighted by atomic mass is 10.1. The van der Waals surface area contributed by atoms with Gasteiger partial charge in [0.2, 0.25) is 0 Å². The zero-order valence-electron chi connectivity index (χ0n) is 16.2. The highest BCUT2D eigenvalue weighted by Crippen LogP contribution is 2.21. The molecule has 142 valence electrons. The maximum atomic E-state index is 11.1. The Balaban J connectivity index is 1.54. The molecule has 2 aromatic rings. The molecule has 2 rings (SSSR count). The van der Waals surface area contributed by atoms with Gasteiger partial charge in [0.1, 0.15) is 5.75 Å². The molecule has 0 atom stereocenters. The van der Waals surface area contributed by atoms with Gasteiger partial charge in [0, 0.05) is 12.1 Å². The molecule has 0 N–H and O–H groups in total. The number of hydrogen-bond acceptors (Lipinski definition) is 2. The van der Waals surface area contributed by atoms with Gasteiger partial charge in [-0.25, -0.2) is 0 Å². The fourth-order valence-electron chi connectivity index (χ4n) is 3.13. The lowest BCUT2D eigenvalue weighted by Crippen LogP contribution is -2.23. The standard InChI is InChI=1S/C23H33NO2/c1-2-3-4-5-6-7-8-9-10-11-20-26-23-14-12-21(13-15-23)22-16-18-24(25)19-17-22/h12-19H,2-11,20H2,1H3. The van der Waals surface area contributed by atoms with Gasteiger partial charge in [-0.3, -0.25) is 0 Å². The van der Waals surface area contributed by atoms with Gasteiger partial charge in [-0.15, -0.1) is 0 Å². The number of rotatable bonds is 13. The van der Waals surface area contributed by atoms with Crippen molar-refractivity contribution in [3.05, 3.63) is 54.0 Å². The third-order valence-corrected chi connectivity index (χ3v) is 4.76. The monoisotopic (exact) mass is 355 g/mol. The second-order valence-electron chi connectivity index (χ2n) is 7.00. The van der Waals surface area contributed by atoms with Gasteiger partial charge in [-0.1, -0.05) is 76.8 Å². The van der Waals surface area contributed by atoms with Crippen molar-refractivity contribution in [1.29, 1.82) is 0 Å². The van der Waals surface area contributed by atoms with Crippen LogP contribution in [0, 0.1) is 5.21 Å². The zero-order chi connectivity index (χ0) is 18.5. The first-order valence-corrected chi connectivity index (χ1v) is 10.2. The van der Waals surface area contributed by atoms with Crippen molar-refractivity contribution in [2.75, 3.05) is 6.61 Å². The molecular formula is C23H33NO2. The maximum Gasteiger partial charge on any atom is 0.180 e. The summed E-state index contributed by atoms with van der Waals surface area (Å²) < 4.78 is 6.63. The van der Waals surface area contributed by atoms with Crippen LogP contribution in [0.4, 0.5) is 0 Å². The Morgan fingerprint density at radius 3 is 1.77 bits per heavy atom. The zero-order valence-corrected chi connectivity index (χ0v) is 16.2. The normalized spacial score (nSPS) is 10.8. The molecule has 0 bridgehead atoms. The molecule has 0 spiro atoms. The van der Waals surface area contributed by atoms with Gasteiger partial charge in [-0.2, -0.15) is 4.73 Å². The number of unbranched alkanes of at least 4 members (excludes halogenated alkanes) is 9. The van der Waals surface area contributed by atoms with E-state index >= 15 is 0 Å². The quantitative estimate of drug-likeness (QED) is 0.240. The molecule has 1 aromatic heterocycles. The predicted molar refractivity (Wildman–Crippen MR) is 108 cm³/mol. The Labute approximate surface area is 158 Å². The van der Waals surface area contributed by atoms with Crippen LogP contribution < -0.4 is 9.47 Å². The minimum atomic E-state index is 0.789. The van der Waals surface area contributed by atoms with Crippen molar-refractivity contribution < 1.29 is 9.47 Å². The fourth-order valence-corrected chi connectivity index (χ4v) is 3.13. The van der Waals surface area contributed by atoms with E-state index in [9.17, 15) is 5.21 Å². The fraction of sp³-hybridized carbons (Fsp3) is 0.522. The number of aromatic nitrogens is 1. The first-order valence-electron chi connectivity index (χ1n) is 10.2. The highest BCUT2D eigenvalue weighted by molar-refractivity contribution is 5.63. The van der Waals surface area contributed by atoms with E-state index in [0.717, 1.165) is 34.6 Å². The van der Waals surface area contributed by atoms with Gasteiger partial charge in [0.05, 0.1) is 6.61 Å². The van der Waals surface area contributed by atoms with Crippen molar-refractivity contribution in [2.45, 2.75) is 71.1 Å². The van der Waals surface area contributed by atoms with E-state index in [-0.39, 0.29) is 0 Å². The summed E-state index contributed by atoms with van der Waals surface area (Å²) in [6.45, 7) is 3.06. The van der Waals surface area contributed by atoms with Crippen LogP contribution in [0.1, 0.15) is 71.1 Å². The highest BCUT2D eigenvalue weighted by atomic mass is 16.5. The van der Waals surface area contributed by atoms with E-state index in [4.69, 9.17) is 4.74 Å². The van der Waals surface area contributed by atoms with E-state index in [2.05, 4.69) is 6.92 Å². The maximum absolute atomic E-state index is 11.1. The Kier molecular flexibility index (Phi) is 9.63. The second kappa shape index (κ2) is 12.3. The third-order valence-electron chi connectivity index (χ3n) is 4.76. The van der Waals surface area contributed by atoms with Crippen molar-refractivity contribution in [2.24, 2.45) is 0 Å². The second-order valence-corrected chi connectivity index (χ2v) is 7.00. The van der Waals surface area contributed by atoms with Crippen LogP contribution in [0.3, 0.4) is 0 Å². The van der Waals surface area contributed by atoms with E-state index in [1.165, 1.54) is 70.2 Å². The molecule has 0 saturated carbocycles. The molecule has 0 saturated heterocycles. The number of pyridine rings is 1. The van der Waals surface area contributed by atoms with Gasteiger partial charge < -0.3 is 9.94 Å². The summed E-state index contributed by atoms with van der Waals surface area (Å²) in [7, 11) is 0. The SMILES string of the molecule is CCCCCCCCCCCCOc1ccc(-c2cc[n+]([O-])cc2)cc1. The molecule has 0 fully saturated rings. The van der Waals surface area contributed by atoms with Crippen LogP contribution in [-0.2, 0) is 0 Å². The largest absolute Gasteiger partial charge is 0.619 e. The molecule has 0 amide bonds. The summed E-state index contributed by atoms with van der Waals surface area (Å²) in [6, 6.07) is 11.7. The summed E-state index contributed by atoms with van der Waals surface area (Å²) in [6.07, 6.45) is 16.4. The molecule has 0 unspecified atom stereocenters. The van der Waals surface area contributed by atoms with Crippen molar-refractivity contribution >= 4 is 0 Å². The Hall–Kier alpha value is -2.03. The van der Waals surface area contributed by atoms with Crippen LogP contribution in [-0.4, -0.2) is 6.61 Å². The van der Waals surface area contributed by atoms with Gasteiger partial charge in [-0.05, 0) is 29.7 Å². The summed E-state index contributed by atoms with van der Waals surface area (Å²) in [4.78, 5) is 0. The van der Waals surface area contributed by atoms with Crippen molar-refractivity contribution in [3.8, 4) is 16.9 Å². The summed E-state index contributed by atoms with van der Waals surface area (Å²) in [5, 5.41) is 11.1. The summed E-state index contributed by atoms with van der Waals surface area (Å²) in [5.41, 5.74) is 2.13. The van der Waals surface area contributed by atoms with Gasteiger partial charge >= 0.3 is 0 Å². The number of nitrogens with zero attached hydrogens (tertiary/aromatic N) is 1. The summed E-state index contributed by atoms with van der Waals surface area (Å²) in [5.74, 6) is 0.916. The average Bonchev–Trinajstić information content (AvgIpc) is 2.67. The Morgan fingerprint density at radius 2 is 1.19 bits per heavy atom. The van der Waals surface area contributed by atoms with Crippen molar-refractivity contribution in [1.82, 2.24) is 0 Å². The first kappa shape index (κ1) is 20.3. The van der Waals surface area contributed by atoms with Crippen molar-refractivity contribution in [3.63, 3.8) is 0 Å². The molecule has 1 aromatic carbocycles. The minimum Gasteiger partial charge on any atom is -0.619 e. The molecule has 1 heterocycles. The van der Waals surface area contributed by atoms with Crippen LogP contribution in [0.5, 0.6) is 5.75 Å². The van der Waals surface area contributed by atoms with Crippen LogP contribution >= 0.6 is 0 Å². The Morgan fingerprint density at radius 1 is 0.692 bits per heavy atom. The molecule has 0 aliphatic heterocycles. The lowest BCUT2D eigenvalue weighted by Gasteiger charge is -2.07. The smallest absolute Gasteiger partial charge is 0.180 e. The molecule has 0 aliphatic rings. The molecule has 3 nitrogen and oxygen atoms in total. The predicted octanol–water partition coefficient (Wildman–Crippen LogP) is 6.29.